The lowest BCUT2D eigenvalue weighted by molar-refractivity contribution is -0.161. The Morgan fingerprint density at radius 1 is 0.390 bits per heavy atom. The van der Waals surface area contributed by atoms with E-state index in [1.165, 1.54) is 218 Å². The monoisotopic (exact) mass is 831 g/mol. The quantitative estimate of drug-likeness (QED) is 0.0376. The molecule has 1 N–H and O–H groups in total. The number of allylic oxidation sites excluding steroid dienone is 4. The third-order valence-electron chi connectivity index (χ3n) is 12.0. The van der Waals surface area contributed by atoms with Crippen LogP contribution in [0, 0.1) is 0 Å². The SMILES string of the molecule is CCCCCCC/C=C\C/C=C\CCCCCCCCCCCCCCCCCCCCCCCCCC(=O)OC(CO)COC(=O)CCCCCCCCCCCC. The molecule has 0 heterocycles. The minimum Gasteiger partial charge on any atom is -0.462 e. The average molecular weight is 831 g/mol. The molecule has 1 unspecified atom stereocenters. The van der Waals surface area contributed by atoms with Crippen molar-refractivity contribution in [2.75, 3.05) is 13.2 Å². The molecule has 0 fully saturated rings. The first-order chi connectivity index (χ1) is 29.1. The molecular formula is C54H102O5. The van der Waals surface area contributed by atoms with E-state index in [1.54, 1.807) is 0 Å². The average Bonchev–Trinajstić information content (AvgIpc) is 3.24. The molecule has 0 rings (SSSR count). The Morgan fingerprint density at radius 2 is 0.678 bits per heavy atom. The van der Waals surface area contributed by atoms with Crippen molar-refractivity contribution < 1.29 is 24.2 Å². The molecule has 1 atom stereocenters. The summed E-state index contributed by atoms with van der Waals surface area (Å²) in [5.41, 5.74) is 0. The van der Waals surface area contributed by atoms with E-state index in [0.717, 1.165) is 44.9 Å². The largest absolute Gasteiger partial charge is 0.462 e. The van der Waals surface area contributed by atoms with E-state index in [9.17, 15) is 14.7 Å². The number of carbonyl (C=O) groups is 2. The van der Waals surface area contributed by atoms with Crippen LogP contribution >= 0.6 is 0 Å². The van der Waals surface area contributed by atoms with Crippen molar-refractivity contribution in [1.29, 1.82) is 0 Å². The Bertz CT molecular complexity index is 897. The molecule has 0 saturated heterocycles. The maximum Gasteiger partial charge on any atom is 0.306 e. The van der Waals surface area contributed by atoms with Crippen LogP contribution in [-0.4, -0.2) is 36.4 Å². The summed E-state index contributed by atoms with van der Waals surface area (Å²) in [4.78, 5) is 24.3. The molecule has 0 aromatic carbocycles. The van der Waals surface area contributed by atoms with Gasteiger partial charge in [0.05, 0.1) is 6.61 Å². The summed E-state index contributed by atoms with van der Waals surface area (Å²) >= 11 is 0. The van der Waals surface area contributed by atoms with Crippen molar-refractivity contribution in [3.63, 3.8) is 0 Å². The molecule has 0 radical (unpaired) electrons. The van der Waals surface area contributed by atoms with Gasteiger partial charge in [-0.3, -0.25) is 9.59 Å². The topological polar surface area (TPSA) is 72.8 Å². The van der Waals surface area contributed by atoms with Gasteiger partial charge in [0.25, 0.3) is 0 Å². The van der Waals surface area contributed by atoms with Crippen LogP contribution in [0.15, 0.2) is 24.3 Å². The van der Waals surface area contributed by atoms with E-state index in [0.29, 0.717) is 12.8 Å². The summed E-state index contributed by atoms with van der Waals surface area (Å²) in [5.74, 6) is -0.577. The van der Waals surface area contributed by atoms with Crippen LogP contribution in [0.3, 0.4) is 0 Å². The highest BCUT2D eigenvalue weighted by Crippen LogP contribution is 2.17. The third kappa shape index (κ3) is 48.9. The van der Waals surface area contributed by atoms with E-state index in [4.69, 9.17) is 9.47 Å². The molecule has 0 aromatic heterocycles. The van der Waals surface area contributed by atoms with E-state index in [2.05, 4.69) is 38.2 Å². The summed E-state index contributed by atoms with van der Waals surface area (Å²) in [6.45, 7) is 4.14. The molecule has 5 heteroatoms. The minimum atomic E-state index is -0.764. The molecule has 0 saturated carbocycles. The molecule has 0 aliphatic carbocycles. The molecule has 0 aliphatic heterocycles. The molecule has 0 spiro atoms. The van der Waals surface area contributed by atoms with Gasteiger partial charge in [-0.25, -0.2) is 0 Å². The van der Waals surface area contributed by atoms with Gasteiger partial charge < -0.3 is 14.6 Å². The lowest BCUT2D eigenvalue weighted by Crippen LogP contribution is -2.28. The molecule has 0 bridgehead atoms. The fourth-order valence-corrected chi connectivity index (χ4v) is 8.00. The van der Waals surface area contributed by atoms with Gasteiger partial charge >= 0.3 is 11.9 Å². The van der Waals surface area contributed by atoms with E-state index in [1.807, 2.05) is 0 Å². The second-order valence-electron chi connectivity index (χ2n) is 18.0. The van der Waals surface area contributed by atoms with Gasteiger partial charge in [-0.2, -0.15) is 0 Å². The second-order valence-corrected chi connectivity index (χ2v) is 18.0. The lowest BCUT2D eigenvalue weighted by Gasteiger charge is -2.15. The highest BCUT2D eigenvalue weighted by molar-refractivity contribution is 5.70. The number of ether oxygens (including phenoxy) is 2. The van der Waals surface area contributed by atoms with Gasteiger partial charge in [-0.15, -0.1) is 0 Å². The number of hydrogen-bond acceptors (Lipinski definition) is 5. The number of esters is 2. The fraction of sp³-hybridized carbons (Fsp3) is 0.889. The Labute approximate surface area is 368 Å². The van der Waals surface area contributed by atoms with Crippen LogP contribution in [0.5, 0.6) is 0 Å². The summed E-state index contributed by atoms with van der Waals surface area (Å²) in [6, 6.07) is 0. The van der Waals surface area contributed by atoms with Crippen molar-refractivity contribution in [3.8, 4) is 0 Å². The molecule has 5 nitrogen and oxygen atoms in total. The van der Waals surface area contributed by atoms with Crippen LogP contribution in [-0.2, 0) is 19.1 Å². The first kappa shape index (κ1) is 57.4. The van der Waals surface area contributed by atoms with Gasteiger partial charge in [0.2, 0.25) is 0 Å². The van der Waals surface area contributed by atoms with E-state index >= 15 is 0 Å². The Morgan fingerprint density at radius 3 is 1.00 bits per heavy atom. The van der Waals surface area contributed by atoms with Gasteiger partial charge in [0.15, 0.2) is 6.10 Å². The first-order valence-electron chi connectivity index (χ1n) is 26.4. The van der Waals surface area contributed by atoms with E-state index in [-0.39, 0.29) is 25.2 Å². The summed E-state index contributed by atoms with van der Waals surface area (Å²) in [7, 11) is 0. The second kappa shape index (κ2) is 50.7. The van der Waals surface area contributed by atoms with Crippen LogP contribution < -0.4 is 0 Å². The number of aliphatic hydroxyl groups excluding tert-OH is 1. The van der Waals surface area contributed by atoms with Gasteiger partial charge in [-0.05, 0) is 44.9 Å². The molecule has 0 aromatic rings. The smallest absolute Gasteiger partial charge is 0.306 e. The van der Waals surface area contributed by atoms with Gasteiger partial charge in [0.1, 0.15) is 6.61 Å². The Balaban J connectivity index is 3.36. The normalized spacial score (nSPS) is 12.3. The highest BCUT2D eigenvalue weighted by atomic mass is 16.6. The maximum atomic E-state index is 12.2. The molecular weight excluding hydrogens is 729 g/mol. The van der Waals surface area contributed by atoms with Crippen molar-refractivity contribution in [2.45, 2.75) is 296 Å². The molecule has 0 amide bonds. The molecule has 0 aliphatic rings. The predicted molar refractivity (Wildman–Crippen MR) is 256 cm³/mol. The summed E-state index contributed by atoms with van der Waals surface area (Å²) in [5, 5.41) is 9.58. The molecule has 59 heavy (non-hydrogen) atoms. The number of hydrogen-bond donors (Lipinski definition) is 1. The fourth-order valence-electron chi connectivity index (χ4n) is 8.00. The van der Waals surface area contributed by atoms with Gasteiger partial charge in [-0.1, -0.05) is 256 Å². The van der Waals surface area contributed by atoms with Crippen LogP contribution in [0.25, 0.3) is 0 Å². The number of rotatable bonds is 49. The van der Waals surface area contributed by atoms with Crippen molar-refractivity contribution in [2.24, 2.45) is 0 Å². The van der Waals surface area contributed by atoms with Crippen LogP contribution in [0.1, 0.15) is 290 Å². The standard InChI is InChI=1S/C54H102O5/c1-3-5-7-9-11-13-15-16-17-18-19-20-21-22-23-24-25-26-27-28-29-30-31-32-33-34-35-36-37-38-39-41-43-45-47-49-54(57)59-52(50-55)51-58-53(56)48-46-44-42-40-14-12-10-8-6-4-2/h15-16,18-19,52,55H,3-14,17,20-51H2,1-2H3/b16-15-,19-18-. The summed E-state index contributed by atoms with van der Waals surface area (Å²) < 4.78 is 10.6. The van der Waals surface area contributed by atoms with Crippen molar-refractivity contribution in [3.05, 3.63) is 24.3 Å². The zero-order valence-electron chi connectivity index (χ0n) is 39.8. The van der Waals surface area contributed by atoms with E-state index < -0.39 is 6.10 Å². The Hall–Kier alpha value is -1.62. The Kier molecular flexibility index (Phi) is 49.3. The van der Waals surface area contributed by atoms with Crippen molar-refractivity contribution in [1.82, 2.24) is 0 Å². The minimum absolute atomic E-state index is 0.0590. The first-order valence-corrected chi connectivity index (χ1v) is 26.4. The maximum absolute atomic E-state index is 12.2. The third-order valence-corrected chi connectivity index (χ3v) is 12.0. The zero-order chi connectivity index (χ0) is 42.8. The van der Waals surface area contributed by atoms with Crippen LogP contribution in [0.4, 0.5) is 0 Å². The van der Waals surface area contributed by atoms with Gasteiger partial charge in [0, 0.05) is 12.8 Å². The number of unbranched alkanes of at least 4 members (excludes halogenated alkanes) is 37. The zero-order valence-corrected chi connectivity index (χ0v) is 39.8. The van der Waals surface area contributed by atoms with Crippen LogP contribution in [0.2, 0.25) is 0 Å². The lowest BCUT2D eigenvalue weighted by atomic mass is 10.0. The number of carbonyl (C=O) groups excluding carboxylic acids is 2. The summed E-state index contributed by atoms with van der Waals surface area (Å²) in [6.07, 6.45) is 63.1. The molecule has 348 valence electrons. The number of aliphatic hydroxyl groups is 1. The van der Waals surface area contributed by atoms with Crippen molar-refractivity contribution >= 4 is 11.9 Å². The highest BCUT2D eigenvalue weighted by Gasteiger charge is 2.16. The predicted octanol–water partition coefficient (Wildman–Crippen LogP) is 17.4.